The summed E-state index contributed by atoms with van der Waals surface area (Å²) in [7, 11) is 0. The van der Waals surface area contributed by atoms with Crippen LogP contribution in [0.4, 0.5) is 14.9 Å². The van der Waals surface area contributed by atoms with Crippen LogP contribution >= 0.6 is 0 Å². The van der Waals surface area contributed by atoms with Gasteiger partial charge in [0, 0.05) is 6.54 Å². The summed E-state index contributed by atoms with van der Waals surface area (Å²) in [5.41, 5.74) is 11.0. The number of oxime groups is 1. The number of cyclic esters (lactones) is 1. The first kappa shape index (κ1) is 13.1. The number of nitrogens with zero attached hydrogens (tertiary/aromatic N) is 2. The van der Waals surface area contributed by atoms with Crippen molar-refractivity contribution in [2.24, 2.45) is 16.6 Å². The highest BCUT2D eigenvalue weighted by Gasteiger charge is 2.31. The lowest BCUT2D eigenvalue weighted by Crippen LogP contribution is -2.27. The zero-order valence-corrected chi connectivity index (χ0v) is 9.91. The largest absolute Gasteiger partial charge is 0.443 e. The van der Waals surface area contributed by atoms with Crippen LogP contribution in [-0.2, 0) is 4.74 Å². The molecule has 1 saturated heterocycles. The van der Waals surface area contributed by atoms with Crippen LogP contribution in [0.1, 0.15) is 5.56 Å². The Bertz CT molecular complexity index is 535. The van der Waals surface area contributed by atoms with E-state index < -0.39 is 18.0 Å². The molecule has 7 nitrogen and oxygen atoms in total. The van der Waals surface area contributed by atoms with Crippen LogP contribution in [0.3, 0.4) is 0 Å². The molecule has 0 aromatic heterocycles. The minimum absolute atomic E-state index is 0.0470. The van der Waals surface area contributed by atoms with E-state index in [4.69, 9.17) is 21.4 Å². The molecule has 1 unspecified atom stereocenters. The van der Waals surface area contributed by atoms with Crippen molar-refractivity contribution in [1.82, 2.24) is 0 Å². The van der Waals surface area contributed by atoms with Crippen LogP contribution in [0.5, 0.6) is 0 Å². The van der Waals surface area contributed by atoms with Gasteiger partial charge in [-0.2, -0.15) is 0 Å². The van der Waals surface area contributed by atoms with Gasteiger partial charge in [0.15, 0.2) is 5.84 Å². The molecule has 1 fully saturated rings. The lowest BCUT2D eigenvalue weighted by Gasteiger charge is -2.13. The second-order valence-electron chi connectivity index (χ2n) is 4.00. The van der Waals surface area contributed by atoms with Crippen molar-refractivity contribution < 1.29 is 19.1 Å². The Kier molecular flexibility index (Phi) is 3.52. The third kappa shape index (κ3) is 2.43. The van der Waals surface area contributed by atoms with Gasteiger partial charge in [0.05, 0.1) is 17.8 Å². The number of hydrogen-bond donors (Lipinski definition) is 3. The Hall–Kier alpha value is -2.35. The molecule has 0 spiro atoms. The smallest absolute Gasteiger partial charge is 0.414 e. The number of anilines is 1. The number of amides is 1. The van der Waals surface area contributed by atoms with E-state index in [0.29, 0.717) is 5.69 Å². The fraction of sp³-hybridized carbons (Fsp3) is 0.273. The van der Waals surface area contributed by atoms with E-state index >= 15 is 0 Å². The molecule has 1 amide bonds. The molecule has 1 heterocycles. The minimum Gasteiger partial charge on any atom is -0.443 e. The first-order valence-corrected chi connectivity index (χ1v) is 5.52. The van der Waals surface area contributed by atoms with Crippen LogP contribution < -0.4 is 16.4 Å². The van der Waals surface area contributed by atoms with Gasteiger partial charge in [-0.3, -0.25) is 4.90 Å². The number of nitrogens with two attached hydrogens (primary N) is 2. The van der Waals surface area contributed by atoms with Gasteiger partial charge in [0.25, 0.3) is 0 Å². The van der Waals surface area contributed by atoms with Gasteiger partial charge in [-0.25, -0.2) is 9.18 Å². The Morgan fingerprint density at radius 3 is 2.89 bits per heavy atom. The molecule has 0 bridgehead atoms. The fourth-order valence-electron chi connectivity index (χ4n) is 1.79. The topological polar surface area (TPSA) is 114 Å². The predicted octanol–water partition coefficient (Wildman–Crippen LogP) is 0.204. The molecular formula is C11H13FN4O3. The van der Waals surface area contributed by atoms with E-state index in [1.807, 2.05) is 0 Å². The first-order valence-electron chi connectivity index (χ1n) is 5.52. The average Bonchev–Trinajstić information content (AvgIpc) is 2.79. The highest BCUT2D eigenvalue weighted by molar-refractivity contribution is 5.98. The lowest BCUT2D eigenvalue weighted by atomic mass is 10.1. The van der Waals surface area contributed by atoms with Crippen LogP contribution in [0.15, 0.2) is 23.4 Å². The Morgan fingerprint density at radius 1 is 1.63 bits per heavy atom. The maximum Gasteiger partial charge on any atom is 0.414 e. The number of carbonyl (C=O) groups excluding carboxylic acids is 1. The summed E-state index contributed by atoms with van der Waals surface area (Å²) in [5, 5.41) is 11.2. The molecule has 19 heavy (non-hydrogen) atoms. The Labute approximate surface area is 108 Å². The molecular weight excluding hydrogens is 255 g/mol. The lowest BCUT2D eigenvalue weighted by molar-refractivity contribution is 0.145. The van der Waals surface area contributed by atoms with Crippen molar-refractivity contribution in [2.75, 3.05) is 18.0 Å². The Morgan fingerprint density at radius 2 is 2.37 bits per heavy atom. The quantitative estimate of drug-likeness (QED) is 0.313. The van der Waals surface area contributed by atoms with Crippen molar-refractivity contribution in [1.29, 1.82) is 0 Å². The third-order valence-electron chi connectivity index (χ3n) is 2.79. The second kappa shape index (κ2) is 5.11. The van der Waals surface area contributed by atoms with Crippen molar-refractivity contribution >= 4 is 17.6 Å². The van der Waals surface area contributed by atoms with Crippen molar-refractivity contribution in [3.8, 4) is 0 Å². The molecule has 8 heteroatoms. The molecule has 0 radical (unpaired) electrons. The van der Waals surface area contributed by atoms with E-state index in [2.05, 4.69) is 5.16 Å². The summed E-state index contributed by atoms with van der Waals surface area (Å²) in [4.78, 5) is 12.8. The highest BCUT2D eigenvalue weighted by atomic mass is 19.1. The molecule has 1 atom stereocenters. The molecule has 1 aliphatic rings. The van der Waals surface area contributed by atoms with Crippen molar-refractivity contribution in [2.45, 2.75) is 6.10 Å². The summed E-state index contributed by atoms with van der Waals surface area (Å²) in [6, 6.07) is 3.92. The zero-order chi connectivity index (χ0) is 14.0. The summed E-state index contributed by atoms with van der Waals surface area (Å²) in [5.74, 6) is -1.04. The van der Waals surface area contributed by atoms with E-state index in [1.165, 1.54) is 17.0 Å². The summed E-state index contributed by atoms with van der Waals surface area (Å²) >= 11 is 0. The monoisotopic (exact) mass is 268 g/mol. The molecule has 5 N–H and O–H groups in total. The first-order chi connectivity index (χ1) is 9.06. The minimum atomic E-state index is -0.697. The number of hydrogen-bond acceptors (Lipinski definition) is 5. The van der Waals surface area contributed by atoms with E-state index in [-0.39, 0.29) is 24.5 Å². The van der Waals surface area contributed by atoms with Gasteiger partial charge >= 0.3 is 6.09 Å². The number of halogens is 1. The highest BCUT2D eigenvalue weighted by Crippen LogP contribution is 2.23. The maximum atomic E-state index is 13.8. The van der Waals surface area contributed by atoms with Gasteiger partial charge in [-0.1, -0.05) is 5.16 Å². The summed E-state index contributed by atoms with van der Waals surface area (Å²) in [6.07, 6.45) is -0.981. The van der Waals surface area contributed by atoms with Crippen LogP contribution in [0.2, 0.25) is 0 Å². The zero-order valence-electron chi connectivity index (χ0n) is 9.91. The van der Waals surface area contributed by atoms with E-state index in [0.717, 1.165) is 6.07 Å². The molecule has 2 rings (SSSR count). The molecule has 1 aromatic rings. The average molecular weight is 268 g/mol. The normalized spacial score (nSPS) is 19.7. The van der Waals surface area contributed by atoms with Gasteiger partial charge < -0.3 is 21.4 Å². The standard InChI is InChI=1S/C11H13FN4O3/c12-9-3-6(1-2-8(9)10(14)15-18)16-5-7(4-13)19-11(16)17/h1-3,7,18H,4-5,13H2,(H2,14,15). The molecule has 1 aliphatic heterocycles. The molecule has 102 valence electrons. The SMILES string of the molecule is NCC1CN(c2ccc(/C(N)=N/O)c(F)c2)C(=O)O1. The third-order valence-corrected chi connectivity index (χ3v) is 2.79. The molecule has 1 aromatic carbocycles. The van der Waals surface area contributed by atoms with Crippen LogP contribution in [-0.4, -0.2) is 36.3 Å². The number of rotatable bonds is 3. The molecule has 0 aliphatic carbocycles. The number of ether oxygens (including phenoxy) is 1. The number of benzene rings is 1. The number of amidine groups is 1. The van der Waals surface area contributed by atoms with Gasteiger partial charge in [-0.15, -0.1) is 0 Å². The summed E-state index contributed by atoms with van der Waals surface area (Å²) < 4.78 is 18.7. The Balaban J connectivity index is 2.28. The molecule has 0 saturated carbocycles. The van der Waals surface area contributed by atoms with Crippen molar-refractivity contribution in [3.05, 3.63) is 29.6 Å². The van der Waals surface area contributed by atoms with E-state index in [9.17, 15) is 9.18 Å². The summed E-state index contributed by atoms with van der Waals surface area (Å²) in [6.45, 7) is 0.463. The maximum absolute atomic E-state index is 13.8. The van der Waals surface area contributed by atoms with Crippen molar-refractivity contribution in [3.63, 3.8) is 0 Å². The van der Waals surface area contributed by atoms with Gasteiger partial charge in [-0.05, 0) is 18.2 Å². The predicted molar refractivity (Wildman–Crippen MR) is 65.6 cm³/mol. The second-order valence-corrected chi connectivity index (χ2v) is 4.00. The van der Waals surface area contributed by atoms with Crippen LogP contribution in [0, 0.1) is 5.82 Å². The van der Waals surface area contributed by atoms with Gasteiger partial charge in [0.1, 0.15) is 11.9 Å². The van der Waals surface area contributed by atoms with E-state index in [1.54, 1.807) is 0 Å². The van der Waals surface area contributed by atoms with Gasteiger partial charge in [0.2, 0.25) is 0 Å². The fourth-order valence-corrected chi connectivity index (χ4v) is 1.79. The van der Waals surface area contributed by atoms with Crippen LogP contribution in [0.25, 0.3) is 0 Å². The number of carbonyl (C=O) groups is 1.